The van der Waals surface area contributed by atoms with Gasteiger partial charge >= 0.3 is 0 Å². The first-order valence-corrected chi connectivity index (χ1v) is 8.33. The third kappa shape index (κ3) is 4.39. The van der Waals surface area contributed by atoms with Gasteiger partial charge in [0.2, 0.25) is 0 Å². The second-order valence-corrected chi connectivity index (χ2v) is 7.36. The van der Waals surface area contributed by atoms with Crippen LogP contribution in [0.5, 0.6) is 0 Å². The van der Waals surface area contributed by atoms with Crippen LogP contribution >= 0.6 is 15.9 Å². The quantitative estimate of drug-likeness (QED) is 0.524. The van der Waals surface area contributed by atoms with Crippen molar-refractivity contribution in [1.29, 1.82) is 0 Å². The average Bonchev–Trinajstić information content (AvgIpc) is 2.47. The van der Waals surface area contributed by atoms with Crippen molar-refractivity contribution in [2.75, 3.05) is 0 Å². The van der Waals surface area contributed by atoms with Gasteiger partial charge in [0.15, 0.2) is 0 Å². The van der Waals surface area contributed by atoms with Crippen LogP contribution in [0.15, 0.2) is 18.2 Å². The molecule has 1 aromatic carbocycles. The topological polar surface area (TPSA) is 0 Å². The lowest BCUT2D eigenvalue weighted by Gasteiger charge is -2.16. The molecule has 0 bridgehead atoms. The van der Waals surface area contributed by atoms with Crippen molar-refractivity contribution < 1.29 is 0 Å². The van der Waals surface area contributed by atoms with Crippen LogP contribution in [0, 0.1) is 18.3 Å². The summed E-state index contributed by atoms with van der Waals surface area (Å²) < 4.78 is 0. The van der Waals surface area contributed by atoms with Crippen LogP contribution in [0.1, 0.15) is 55.7 Å². The van der Waals surface area contributed by atoms with Crippen molar-refractivity contribution in [1.82, 2.24) is 0 Å². The molecule has 1 aliphatic rings. The van der Waals surface area contributed by atoms with Gasteiger partial charge in [-0.3, -0.25) is 0 Å². The third-order valence-electron chi connectivity index (χ3n) is 4.15. The van der Waals surface area contributed by atoms with Crippen molar-refractivity contribution in [3.8, 4) is 12.3 Å². The molecule has 0 radical (unpaired) electrons. The molecule has 0 aliphatic heterocycles. The van der Waals surface area contributed by atoms with E-state index in [1.54, 1.807) is 0 Å². The molecule has 0 N–H and O–H groups in total. The molecule has 1 aliphatic carbocycles. The highest BCUT2D eigenvalue weighted by Gasteiger charge is 2.15. The molecule has 2 atom stereocenters. The van der Waals surface area contributed by atoms with Gasteiger partial charge < -0.3 is 0 Å². The van der Waals surface area contributed by atoms with Crippen LogP contribution in [0.3, 0.4) is 0 Å². The van der Waals surface area contributed by atoms with Gasteiger partial charge in [0.1, 0.15) is 0 Å². The molecule has 0 nitrogen and oxygen atoms in total. The summed E-state index contributed by atoms with van der Waals surface area (Å²) >= 11 is 3.70. The number of halogens is 1. The van der Waals surface area contributed by atoms with Crippen molar-refractivity contribution in [3.05, 3.63) is 34.9 Å². The summed E-state index contributed by atoms with van der Waals surface area (Å²) in [4.78, 5) is 0.647. The Bertz CT molecular complexity index is 453. The third-order valence-corrected chi connectivity index (χ3v) is 4.52. The highest BCUT2D eigenvalue weighted by atomic mass is 79.9. The van der Waals surface area contributed by atoms with Crippen molar-refractivity contribution in [3.63, 3.8) is 0 Å². The minimum absolute atomic E-state index is 0.647. The second kappa shape index (κ2) is 7.15. The smallest absolute Gasteiger partial charge is 0.0245 e. The molecule has 102 valence electrons. The van der Waals surface area contributed by atoms with E-state index in [9.17, 15) is 0 Å². The van der Waals surface area contributed by atoms with E-state index in [2.05, 4.69) is 47.0 Å². The number of hydrogen-bond donors (Lipinski definition) is 0. The predicted molar refractivity (Wildman–Crippen MR) is 86.7 cm³/mol. The van der Waals surface area contributed by atoms with Crippen LogP contribution in [0.2, 0.25) is 0 Å². The van der Waals surface area contributed by atoms with E-state index in [4.69, 9.17) is 6.42 Å². The summed E-state index contributed by atoms with van der Waals surface area (Å²) in [6.45, 7) is 2.26. The SMILES string of the molecule is C#Cc1ccc2c(c1)CCCC(CC(C)Br)CCC2. The first kappa shape index (κ1) is 14.7. The van der Waals surface area contributed by atoms with Crippen LogP contribution in [0.25, 0.3) is 0 Å². The second-order valence-electron chi connectivity index (χ2n) is 5.79. The highest BCUT2D eigenvalue weighted by molar-refractivity contribution is 9.09. The van der Waals surface area contributed by atoms with E-state index in [-0.39, 0.29) is 0 Å². The fourth-order valence-electron chi connectivity index (χ4n) is 3.19. The molecule has 19 heavy (non-hydrogen) atoms. The maximum Gasteiger partial charge on any atom is 0.0245 e. The zero-order chi connectivity index (χ0) is 13.7. The Kier molecular flexibility index (Phi) is 5.52. The normalized spacial score (nSPS) is 21.4. The van der Waals surface area contributed by atoms with Gasteiger partial charge in [-0.25, -0.2) is 0 Å². The van der Waals surface area contributed by atoms with Gasteiger partial charge in [-0.15, -0.1) is 6.42 Å². The van der Waals surface area contributed by atoms with Gasteiger partial charge in [-0.05, 0) is 61.3 Å². The molecule has 2 rings (SSSR count). The molecule has 2 unspecified atom stereocenters. The molecule has 0 spiro atoms. The van der Waals surface area contributed by atoms with Gasteiger partial charge in [-0.1, -0.05) is 47.7 Å². The van der Waals surface area contributed by atoms with E-state index >= 15 is 0 Å². The van der Waals surface area contributed by atoms with Crippen LogP contribution in [-0.4, -0.2) is 4.83 Å². The van der Waals surface area contributed by atoms with Gasteiger partial charge in [0, 0.05) is 10.4 Å². The monoisotopic (exact) mass is 318 g/mol. The minimum Gasteiger partial charge on any atom is -0.115 e. The van der Waals surface area contributed by atoms with Crippen molar-refractivity contribution in [2.24, 2.45) is 5.92 Å². The largest absolute Gasteiger partial charge is 0.115 e. The van der Waals surface area contributed by atoms with E-state index in [0.29, 0.717) is 4.83 Å². The lowest BCUT2D eigenvalue weighted by atomic mass is 9.92. The molecule has 0 heterocycles. The average molecular weight is 319 g/mol. The minimum atomic E-state index is 0.647. The summed E-state index contributed by atoms with van der Waals surface area (Å²) in [5, 5.41) is 0. The number of fused-ring (bicyclic) bond motifs is 1. The molecule has 1 aromatic rings. The van der Waals surface area contributed by atoms with E-state index in [0.717, 1.165) is 11.5 Å². The number of alkyl halides is 1. The number of terminal acetylenes is 1. The van der Waals surface area contributed by atoms with Crippen LogP contribution in [0.4, 0.5) is 0 Å². The molecule has 0 amide bonds. The summed E-state index contributed by atoms with van der Waals surface area (Å²) in [6, 6.07) is 6.56. The molecule has 0 fully saturated rings. The van der Waals surface area contributed by atoms with E-state index in [1.807, 2.05) is 0 Å². The lowest BCUT2D eigenvalue weighted by molar-refractivity contribution is 0.404. The number of benzene rings is 1. The van der Waals surface area contributed by atoms with Gasteiger partial charge in [-0.2, -0.15) is 0 Å². The summed E-state index contributed by atoms with van der Waals surface area (Å²) in [7, 11) is 0. The summed E-state index contributed by atoms with van der Waals surface area (Å²) in [5.41, 5.74) is 4.04. The molecule has 1 heteroatoms. The first-order chi connectivity index (χ1) is 9.19. The highest BCUT2D eigenvalue weighted by Crippen LogP contribution is 2.28. The number of hydrogen-bond acceptors (Lipinski definition) is 0. The number of rotatable bonds is 2. The fraction of sp³-hybridized carbons (Fsp3) is 0.556. The molecule has 0 aromatic heterocycles. The van der Waals surface area contributed by atoms with Crippen LogP contribution < -0.4 is 0 Å². The lowest BCUT2D eigenvalue weighted by Crippen LogP contribution is -2.06. The standard InChI is InChI=1S/C18H23Br/c1-3-15-10-11-17-8-4-6-16(12-14(2)19)7-5-9-18(17)13-15/h1,10-11,13-14,16H,4-9,12H2,2H3. The van der Waals surface area contributed by atoms with Gasteiger partial charge in [0.05, 0.1) is 0 Å². The Morgan fingerprint density at radius 1 is 1.26 bits per heavy atom. The molecule has 0 saturated heterocycles. The molecular weight excluding hydrogens is 296 g/mol. The van der Waals surface area contributed by atoms with Crippen molar-refractivity contribution in [2.45, 2.75) is 56.7 Å². The first-order valence-electron chi connectivity index (χ1n) is 7.41. The Morgan fingerprint density at radius 3 is 2.58 bits per heavy atom. The van der Waals surface area contributed by atoms with Crippen molar-refractivity contribution >= 4 is 15.9 Å². The van der Waals surface area contributed by atoms with Crippen LogP contribution in [-0.2, 0) is 12.8 Å². The van der Waals surface area contributed by atoms with E-state index < -0.39 is 0 Å². The Morgan fingerprint density at radius 2 is 1.95 bits per heavy atom. The van der Waals surface area contributed by atoms with E-state index in [1.165, 1.54) is 56.1 Å². The zero-order valence-corrected chi connectivity index (χ0v) is 13.4. The maximum atomic E-state index is 5.51. The Balaban J connectivity index is 2.06. The van der Waals surface area contributed by atoms with Gasteiger partial charge in [0.25, 0.3) is 0 Å². The molecule has 0 saturated carbocycles. The Labute approximate surface area is 126 Å². The molecular formula is C18H23Br. The maximum absolute atomic E-state index is 5.51. The fourth-order valence-corrected chi connectivity index (χ4v) is 3.72. The Hall–Kier alpha value is -0.740. The predicted octanol–water partition coefficient (Wildman–Crippen LogP) is 5.12. The number of aryl methyl sites for hydroxylation is 2. The summed E-state index contributed by atoms with van der Waals surface area (Å²) in [6.07, 6.45) is 14.6. The summed E-state index contributed by atoms with van der Waals surface area (Å²) in [5.74, 6) is 3.64. The zero-order valence-electron chi connectivity index (χ0n) is 11.8.